The van der Waals surface area contributed by atoms with E-state index >= 15 is 0 Å². The standard InChI is InChI=1S/C19H21N3O2/c23-19(8-4-7-16-5-2-1-3-6-16)20-10-11-22-14-18(13-21-22)17-9-12-24-15-17/h1-3,5-6,9,12-15H,4,7-8,10-11H2,(H,20,23). The molecule has 24 heavy (non-hydrogen) atoms. The Labute approximate surface area is 141 Å². The van der Waals surface area contributed by atoms with Crippen molar-refractivity contribution in [3.63, 3.8) is 0 Å². The van der Waals surface area contributed by atoms with Gasteiger partial charge in [-0.25, -0.2) is 0 Å². The second-order valence-corrected chi connectivity index (χ2v) is 5.69. The minimum atomic E-state index is 0.0909. The number of carbonyl (C=O) groups is 1. The number of amides is 1. The summed E-state index contributed by atoms with van der Waals surface area (Å²) in [6.07, 6.45) is 9.43. The first-order chi connectivity index (χ1) is 11.8. The molecule has 0 aliphatic heterocycles. The molecule has 5 heteroatoms. The molecule has 5 nitrogen and oxygen atoms in total. The van der Waals surface area contributed by atoms with Crippen LogP contribution in [-0.4, -0.2) is 22.2 Å². The number of aromatic nitrogens is 2. The summed E-state index contributed by atoms with van der Waals surface area (Å²) in [5.41, 5.74) is 3.29. The van der Waals surface area contributed by atoms with Crippen molar-refractivity contribution in [1.82, 2.24) is 15.1 Å². The van der Waals surface area contributed by atoms with Crippen molar-refractivity contribution >= 4 is 5.91 Å². The van der Waals surface area contributed by atoms with Crippen LogP contribution in [0.5, 0.6) is 0 Å². The van der Waals surface area contributed by atoms with Crippen LogP contribution < -0.4 is 5.32 Å². The third-order valence-corrected chi connectivity index (χ3v) is 3.86. The molecule has 0 atom stereocenters. The molecule has 2 aromatic heterocycles. The van der Waals surface area contributed by atoms with Crippen LogP contribution in [0.4, 0.5) is 0 Å². The number of furan rings is 1. The summed E-state index contributed by atoms with van der Waals surface area (Å²) in [5, 5.41) is 7.24. The average Bonchev–Trinajstić information content (AvgIpc) is 3.27. The molecule has 1 N–H and O–H groups in total. The highest BCUT2D eigenvalue weighted by Crippen LogP contribution is 2.18. The second-order valence-electron chi connectivity index (χ2n) is 5.69. The molecule has 124 valence electrons. The van der Waals surface area contributed by atoms with Gasteiger partial charge in [-0.2, -0.15) is 5.10 Å². The lowest BCUT2D eigenvalue weighted by Crippen LogP contribution is -2.27. The van der Waals surface area contributed by atoms with Crippen molar-refractivity contribution in [2.45, 2.75) is 25.8 Å². The van der Waals surface area contributed by atoms with E-state index in [4.69, 9.17) is 4.42 Å². The predicted octanol–water partition coefficient (Wildman–Crippen LogP) is 3.28. The van der Waals surface area contributed by atoms with Crippen LogP contribution in [0.1, 0.15) is 18.4 Å². The van der Waals surface area contributed by atoms with E-state index in [0.717, 1.165) is 24.0 Å². The van der Waals surface area contributed by atoms with Crippen LogP contribution >= 0.6 is 0 Å². The zero-order valence-electron chi connectivity index (χ0n) is 13.5. The van der Waals surface area contributed by atoms with Crippen LogP contribution in [0, 0.1) is 0 Å². The van der Waals surface area contributed by atoms with Gasteiger partial charge in [-0.05, 0) is 24.5 Å². The van der Waals surface area contributed by atoms with Crippen molar-refractivity contribution in [1.29, 1.82) is 0 Å². The maximum Gasteiger partial charge on any atom is 0.220 e. The molecule has 2 heterocycles. The number of nitrogens with zero attached hydrogens (tertiary/aromatic N) is 2. The first kappa shape index (κ1) is 16.1. The lowest BCUT2D eigenvalue weighted by Gasteiger charge is -2.05. The molecule has 0 saturated heterocycles. The highest BCUT2D eigenvalue weighted by Gasteiger charge is 2.04. The monoisotopic (exact) mass is 323 g/mol. The number of benzene rings is 1. The van der Waals surface area contributed by atoms with Gasteiger partial charge in [-0.1, -0.05) is 30.3 Å². The molecular formula is C19H21N3O2. The number of carbonyl (C=O) groups excluding carboxylic acids is 1. The quantitative estimate of drug-likeness (QED) is 0.692. The Morgan fingerprint density at radius 2 is 2.04 bits per heavy atom. The molecule has 1 aromatic carbocycles. The van der Waals surface area contributed by atoms with E-state index < -0.39 is 0 Å². The normalized spacial score (nSPS) is 10.7. The fraction of sp³-hybridized carbons (Fsp3) is 0.263. The van der Waals surface area contributed by atoms with Gasteiger partial charge in [-0.3, -0.25) is 9.48 Å². The zero-order chi connectivity index (χ0) is 16.6. The van der Waals surface area contributed by atoms with Crippen molar-refractivity contribution in [2.24, 2.45) is 0 Å². The fourth-order valence-corrected chi connectivity index (χ4v) is 2.56. The predicted molar refractivity (Wildman–Crippen MR) is 92.3 cm³/mol. The molecule has 1 amide bonds. The summed E-state index contributed by atoms with van der Waals surface area (Å²) in [5.74, 6) is 0.0909. The van der Waals surface area contributed by atoms with Gasteiger partial charge in [0.15, 0.2) is 0 Å². The van der Waals surface area contributed by atoms with Crippen LogP contribution in [0.3, 0.4) is 0 Å². The summed E-state index contributed by atoms with van der Waals surface area (Å²) in [4.78, 5) is 11.9. The summed E-state index contributed by atoms with van der Waals surface area (Å²) in [6.45, 7) is 1.24. The Morgan fingerprint density at radius 3 is 2.83 bits per heavy atom. The topological polar surface area (TPSA) is 60.1 Å². The van der Waals surface area contributed by atoms with E-state index in [1.165, 1.54) is 5.56 Å². The van der Waals surface area contributed by atoms with Crippen molar-refractivity contribution in [2.75, 3.05) is 6.54 Å². The molecular weight excluding hydrogens is 302 g/mol. The van der Waals surface area contributed by atoms with Crippen LogP contribution in [-0.2, 0) is 17.8 Å². The van der Waals surface area contributed by atoms with Crippen molar-refractivity contribution in [3.8, 4) is 11.1 Å². The van der Waals surface area contributed by atoms with Gasteiger partial charge in [0.1, 0.15) is 0 Å². The van der Waals surface area contributed by atoms with Gasteiger partial charge < -0.3 is 9.73 Å². The summed E-state index contributed by atoms with van der Waals surface area (Å²) >= 11 is 0. The molecule has 0 aliphatic rings. The van der Waals surface area contributed by atoms with Crippen LogP contribution in [0.2, 0.25) is 0 Å². The largest absolute Gasteiger partial charge is 0.472 e. The first-order valence-corrected chi connectivity index (χ1v) is 8.17. The Hall–Kier alpha value is -2.82. The Kier molecular flexibility index (Phi) is 5.45. The van der Waals surface area contributed by atoms with E-state index in [0.29, 0.717) is 19.5 Å². The molecule has 0 saturated carbocycles. The molecule has 0 bridgehead atoms. The highest BCUT2D eigenvalue weighted by atomic mass is 16.3. The van der Waals surface area contributed by atoms with Gasteiger partial charge in [0.05, 0.1) is 25.3 Å². The summed E-state index contributed by atoms with van der Waals surface area (Å²) in [6, 6.07) is 12.1. The minimum Gasteiger partial charge on any atom is -0.472 e. The number of rotatable bonds is 8. The molecule has 0 radical (unpaired) electrons. The van der Waals surface area contributed by atoms with Crippen LogP contribution in [0.25, 0.3) is 11.1 Å². The smallest absolute Gasteiger partial charge is 0.220 e. The maximum absolute atomic E-state index is 11.9. The van der Waals surface area contributed by atoms with E-state index in [9.17, 15) is 4.79 Å². The SMILES string of the molecule is O=C(CCCc1ccccc1)NCCn1cc(-c2ccoc2)cn1. The maximum atomic E-state index is 11.9. The first-order valence-electron chi connectivity index (χ1n) is 8.17. The Bertz CT molecular complexity index is 748. The molecule has 0 aliphatic carbocycles. The Balaban J connectivity index is 1.35. The summed E-state index contributed by atoms with van der Waals surface area (Å²) in [7, 11) is 0. The van der Waals surface area contributed by atoms with Gasteiger partial charge in [0.2, 0.25) is 5.91 Å². The lowest BCUT2D eigenvalue weighted by atomic mass is 10.1. The van der Waals surface area contributed by atoms with Crippen molar-refractivity contribution in [3.05, 3.63) is 66.9 Å². The average molecular weight is 323 g/mol. The lowest BCUT2D eigenvalue weighted by molar-refractivity contribution is -0.121. The van der Waals surface area contributed by atoms with Crippen molar-refractivity contribution < 1.29 is 9.21 Å². The minimum absolute atomic E-state index is 0.0909. The van der Waals surface area contributed by atoms with E-state index in [2.05, 4.69) is 22.5 Å². The fourth-order valence-electron chi connectivity index (χ4n) is 2.56. The molecule has 3 aromatic rings. The Morgan fingerprint density at radius 1 is 1.17 bits per heavy atom. The van der Waals surface area contributed by atoms with Gasteiger partial charge in [-0.15, -0.1) is 0 Å². The van der Waals surface area contributed by atoms with E-state index in [-0.39, 0.29) is 5.91 Å². The molecule has 0 fully saturated rings. The highest BCUT2D eigenvalue weighted by molar-refractivity contribution is 5.75. The number of hydrogen-bond donors (Lipinski definition) is 1. The number of hydrogen-bond acceptors (Lipinski definition) is 3. The molecule has 3 rings (SSSR count). The van der Waals surface area contributed by atoms with E-state index in [1.54, 1.807) is 18.7 Å². The van der Waals surface area contributed by atoms with Crippen LogP contribution in [0.15, 0.2) is 65.7 Å². The zero-order valence-corrected chi connectivity index (χ0v) is 13.5. The third kappa shape index (κ3) is 4.59. The molecule has 0 spiro atoms. The number of aryl methyl sites for hydroxylation is 1. The number of nitrogens with one attached hydrogen (secondary N) is 1. The second kappa shape index (κ2) is 8.15. The van der Waals surface area contributed by atoms with Gasteiger partial charge >= 0.3 is 0 Å². The van der Waals surface area contributed by atoms with E-state index in [1.807, 2.05) is 35.1 Å². The van der Waals surface area contributed by atoms with Gasteiger partial charge in [0, 0.05) is 30.3 Å². The molecule has 0 unspecified atom stereocenters. The van der Waals surface area contributed by atoms with Gasteiger partial charge in [0.25, 0.3) is 0 Å². The summed E-state index contributed by atoms with van der Waals surface area (Å²) < 4.78 is 6.89. The third-order valence-electron chi connectivity index (χ3n) is 3.86.